The van der Waals surface area contributed by atoms with Crippen molar-refractivity contribution in [1.82, 2.24) is 4.98 Å². The van der Waals surface area contributed by atoms with Crippen LogP contribution in [0.3, 0.4) is 0 Å². The Morgan fingerprint density at radius 3 is 2.58 bits per heavy atom. The number of phenols is 1. The van der Waals surface area contributed by atoms with E-state index in [1.807, 2.05) is 42.5 Å². The Morgan fingerprint density at radius 1 is 0.895 bits per heavy atom. The highest BCUT2D eigenvalue weighted by atomic mass is 16.3. The number of pyridine rings is 1. The Kier molecular flexibility index (Phi) is 2.94. The lowest BCUT2D eigenvalue weighted by Gasteiger charge is -1.99. The Hall–Kier alpha value is -2.68. The van der Waals surface area contributed by atoms with Gasteiger partial charge in [0.05, 0.1) is 17.4 Å². The van der Waals surface area contributed by atoms with E-state index in [0.29, 0.717) is 5.69 Å². The smallest absolute Gasteiger partial charge is 0.141 e. The first-order valence-electron chi connectivity index (χ1n) is 6.01. The van der Waals surface area contributed by atoms with E-state index in [2.05, 4.69) is 9.98 Å². The Balaban J connectivity index is 1.95. The van der Waals surface area contributed by atoms with Crippen LogP contribution in [-0.2, 0) is 0 Å². The highest BCUT2D eigenvalue weighted by molar-refractivity contribution is 5.86. The van der Waals surface area contributed by atoms with Crippen LogP contribution in [0.1, 0.15) is 5.69 Å². The molecule has 0 atom stereocenters. The van der Waals surface area contributed by atoms with Gasteiger partial charge in [-0.1, -0.05) is 36.4 Å². The lowest BCUT2D eigenvalue weighted by molar-refractivity contribution is 0.477. The molecule has 19 heavy (non-hydrogen) atoms. The second kappa shape index (κ2) is 4.90. The molecule has 0 spiro atoms. The molecule has 0 saturated heterocycles. The predicted octanol–water partition coefficient (Wildman–Crippen LogP) is 3.69. The van der Waals surface area contributed by atoms with Crippen LogP contribution >= 0.6 is 0 Å². The van der Waals surface area contributed by atoms with Crippen molar-refractivity contribution >= 4 is 22.8 Å². The molecule has 0 saturated carbocycles. The number of rotatable bonds is 2. The number of hydrogen-bond donors (Lipinski definition) is 1. The zero-order valence-corrected chi connectivity index (χ0v) is 10.2. The SMILES string of the molecule is Oc1ccccc1N=Cc1ccc2ccccc2n1. The van der Waals surface area contributed by atoms with Crippen LogP contribution in [0.25, 0.3) is 10.9 Å². The Labute approximate surface area is 110 Å². The van der Waals surface area contributed by atoms with Gasteiger partial charge in [0.15, 0.2) is 0 Å². The number of aromatic nitrogens is 1. The highest BCUT2D eigenvalue weighted by Gasteiger charge is 1.97. The van der Waals surface area contributed by atoms with E-state index >= 15 is 0 Å². The van der Waals surface area contributed by atoms with Gasteiger partial charge in [-0.05, 0) is 24.3 Å². The number of nitrogens with zero attached hydrogens (tertiary/aromatic N) is 2. The largest absolute Gasteiger partial charge is 0.506 e. The quantitative estimate of drug-likeness (QED) is 0.703. The van der Waals surface area contributed by atoms with E-state index in [1.165, 1.54) is 0 Å². The van der Waals surface area contributed by atoms with Crippen LogP contribution in [0.5, 0.6) is 5.75 Å². The number of hydrogen-bond acceptors (Lipinski definition) is 3. The van der Waals surface area contributed by atoms with Gasteiger partial charge in [-0.15, -0.1) is 0 Å². The van der Waals surface area contributed by atoms with Crippen LogP contribution in [0, 0.1) is 0 Å². The molecule has 1 N–H and O–H groups in total. The third-order valence-corrected chi connectivity index (χ3v) is 2.84. The predicted molar refractivity (Wildman–Crippen MR) is 77.1 cm³/mol. The molecule has 0 aliphatic carbocycles. The highest BCUT2D eigenvalue weighted by Crippen LogP contribution is 2.24. The summed E-state index contributed by atoms with van der Waals surface area (Å²) in [6, 6.07) is 18.8. The molecule has 1 aromatic heterocycles. The van der Waals surface area contributed by atoms with Crippen LogP contribution in [0.4, 0.5) is 5.69 Å². The molecule has 2 aromatic carbocycles. The van der Waals surface area contributed by atoms with Gasteiger partial charge in [-0.25, -0.2) is 4.98 Å². The van der Waals surface area contributed by atoms with Gasteiger partial charge < -0.3 is 5.11 Å². The lowest BCUT2D eigenvalue weighted by atomic mass is 10.2. The van der Waals surface area contributed by atoms with E-state index in [4.69, 9.17) is 0 Å². The van der Waals surface area contributed by atoms with Crippen LogP contribution < -0.4 is 0 Å². The van der Waals surface area contributed by atoms with Crippen molar-refractivity contribution < 1.29 is 5.11 Å². The maximum atomic E-state index is 9.63. The summed E-state index contributed by atoms with van der Waals surface area (Å²) in [6.07, 6.45) is 1.65. The number of phenolic OH excluding ortho intramolecular Hbond substituents is 1. The summed E-state index contributed by atoms with van der Waals surface area (Å²) in [4.78, 5) is 8.73. The van der Waals surface area contributed by atoms with Gasteiger partial charge in [0.25, 0.3) is 0 Å². The van der Waals surface area contributed by atoms with Gasteiger partial charge in [0.2, 0.25) is 0 Å². The lowest BCUT2D eigenvalue weighted by Crippen LogP contribution is -1.87. The minimum absolute atomic E-state index is 0.166. The molecule has 0 radical (unpaired) electrons. The second-order valence-electron chi connectivity index (χ2n) is 4.18. The summed E-state index contributed by atoms with van der Waals surface area (Å²) in [5, 5.41) is 10.7. The van der Waals surface area contributed by atoms with Crippen LogP contribution in [0.15, 0.2) is 65.7 Å². The minimum Gasteiger partial charge on any atom is -0.506 e. The molecule has 0 aliphatic rings. The normalized spacial score (nSPS) is 11.2. The number of benzene rings is 2. The minimum atomic E-state index is 0.166. The number of para-hydroxylation sites is 3. The average Bonchev–Trinajstić information content (AvgIpc) is 2.46. The van der Waals surface area contributed by atoms with Gasteiger partial charge in [0.1, 0.15) is 11.4 Å². The number of aliphatic imine (C=N–C) groups is 1. The molecule has 3 aromatic rings. The molecular weight excluding hydrogens is 236 g/mol. The van der Waals surface area contributed by atoms with Crippen molar-refractivity contribution in [3.8, 4) is 5.75 Å². The Bertz CT molecular complexity index is 750. The third-order valence-electron chi connectivity index (χ3n) is 2.84. The summed E-state index contributed by atoms with van der Waals surface area (Å²) in [6.45, 7) is 0. The zero-order valence-electron chi connectivity index (χ0n) is 10.2. The molecule has 0 bridgehead atoms. The molecule has 0 unspecified atom stereocenters. The summed E-state index contributed by atoms with van der Waals surface area (Å²) >= 11 is 0. The Morgan fingerprint density at radius 2 is 1.68 bits per heavy atom. The van der Waals surface area contributed by atoms with Crippen molar-refractivity contribution in [3.63, 3.8) is 0 Å². The van der Waals surface area contributed by atoms with Crippen molar-refractivity contribution in [3.05, 3.63) is 66.4 Å². The maximum absolute atomic E-state index is 9.63. The third kappa shape index (κ3) is 2.45. The fourth-order valence-corrected chi connectivity index (χ4v) is 1.86. The van der Waals surface area contributed by atoms with E-state index in [9.17, 15) is 5.11 Å². The van der Waals surface area contributed by atoms with Gasteiger partial charge >= 0.3 is 0 Å². The monoisotopic (exact) mass is 248 g/mol. The molecule has 92 valence electrons. The molecule has 0 amide bonds. The molecule has 3 heteroatoms. The summed E-state index contributed by atoms with van der Waals surface area (Å²) in [7, 11) is 0. The molecule has 1 heterocycles. The maximum Gasteiger partial charge on any atom is 0.141 e. The first-order valence-corrected chi connectivity index (χ1v) is 6.01. The average molecular weight is 248 g/mol. The zero-order chi connectivity index (χ0) is 13.1. The van der Waals surface area contributed by atoms with Crippen molar-refractivity contribution in [1.29, 1.82) is 0 Å². The summed E-state index contributed by atoms with van der Waals surface area (Å²) in [5.74, 6) is 0.166. The van der Waals surface area contributed by atoms with Crippen molar-refractivity contribution in [2.75, 3.05) is 0 Å². The van der Waals surface area contributed by atoms with E-state index in [-0.39, 0.29) is 5.75 Å². The van der Waals surface area contributed by atoms with E-state index < -0.39 is 0 Å². The summed E-state index contributed by atoms with van der Waals surface area (Å²) < 4.78 is 0. The van der Waals surface area contributed by atoms with Crippen LogP contribution in [0.2, 0.25) is 0 Å². The molecule has 3 rings (SSSR count). The van der Waals surface area contributed by atoms with Gasteiger partial charge in [0, 0.05) is 5.39 Å². The first-order chi connectivity index (χ1) is 9.33. The van der Waals surface area contributed by atoms with Crippen LogP contribution in [-0.4, -0.2) is 16.3 Å². The van der Waals surface area contributed by atoms with Gasteiger partial charge in [-0.3, -0.25) is 4.99 Å². The molecule has 0 fully saturated rings. The summed E-state index contributed by atoms with van der Waals surface area (Å²) in [5.41, 5.74) is 2.24. The second-order valence-corrected chi connectivity index (χ2v) is 4.18. The van der Waals surface area contributed by atoms with Gasteiger partial charge in [-0.2, -0.15) is 0 Å². The fraction of sp³-hybridized carbons (Fsp3) is 0. The molecular formula is C16H12N2O. The topological polar surface area (TPSA) is 45.5 Å². The number of aromatic hydroxyl groups is 1. The fourth-order valence-electron chi connectivity index (χ4n) is 1.86. The standard InChI is InChI=1S/C16H12N2O/c19-16-8-4-3-7-15(16)17-11-13-10-9-12-5-1-2-6-14(12)18-13/h1-11,19H. The van der Waals surface area contributed by atoms with Crippen molar-refractivity contribution in [2.24, 2.45) is 4.99 Å². The van der Waals surface area contributed by atoms with E-state index in [0.717, 1.165) is 16.6 Å². The number of fused-ring (bicyclic) bond motifs is 1. The first kappa shape index (κ1) is 11.4. The van der Waals surface area contributed by atoms with E-state index in [1.54, 1.807) is 24.4 Å². The van der Waals surface area contributed by atoms with Crippen molar-refractivity contribution in [2.45, 2.75) is 0 Å². The molecule has 0 aliphatic heterocycles. The molecule has 3 nitrogen and oxygen atoms in total.